The first kappa shape index (κ1) is 19.2. The molecule has 0 aliphatic carbocycles. The second-order valence-electron chi connectivity index (χ2n) is 5.04. The van der Waals surface area contributed by atoms with Crippen LogP contribution in [0, 0.1) is 0 Å². The van der Waals surface area contributed by atoms with Crippen LogP contribution in [0.1, 0.15) is 53.4 Å². The molecule has 0 aromatic heterocycles. The molecule has 0 rings (SSSR count). The van der Waals surface area contributed by atoms with Crippen LogP contribution in [0.15, 0.2) is 4.99 Å². The van der Waals surface area contributed by atoms with Gasteiger partial charge in [0.25, 0.3) is 0 Å². The second kappa shape index (κ2) is 10.9. The molecular weight excluding hydrogens is 274 g/mol. The normalized spacial score (nSPS) is 14.1. The zero-order chi connectivity index (χ0) is 15.4. The van der Waals surface area contributed by atoms with Gasteiger partial charge in [0.05, 0.1) is 12.3 Å². The van der Waals surface area contributed by atoms with Crippen LogP contribution < -0.4 is 10.6 Å². The van der Waals surface area contributed by atoms with E-state index in [-0.39, 0.29) is 11.5 Å². The van der Waals surface area contributed by atoms with Crippen LogP contribution in [-0.4, -0.2) is 45.0 Å². The van der Waals surface area contributed by atoms with Gasteiger partial charge >= 0.3 is 0 Å². The Kier molecular flexibility index (Phi) is 10.5. The Morgan fingerprint density at radius 1 is 1.20 bits per heavy atom. The number of nitrogens with zero attached hydrogens (tertiary/aromatic N) is 1. The quantitative estimate of drug-likeness (QED) is 0.368. The molecule has 0 aromatic carbocycles. The van der Waals surface area contributed by atoms with Crippen molar-refractivity contribution in [1.82, 2.24) is 10.6 Å². The molecule has 5 nitrogen and oxygen atoms in total. The summed E-state index contributed by atoms with van der Waals surface area (Å²) in [7, 11) is -2.94. The van der Waals surface area contributed by atoms with Crippen LogP contribution >= 0.6 is 0 Å². The fraction of sp³-hybridized carbons (Fsp3) is 0.929. The van der Waals surface area contributed by atoms with Crippen molar-refractivity contribution in [1.29, 1.82) is 0 Å². The number of rotatable bonds is 10. The van der Waals surface area contributed by atoms with Gasteiger partial charge in [0.15, 0.2) is 15.8 Å². The predicted octanol–water partition coefficient (Wildman–Crippen LogP) is 1.95. The highest BCUT2D eigenvalue weighted by atomic mass is 32.2. The molecule has 0 heterocycles. The highest BCUT2D eigenvalue weighted by molar-refractivity contribution is 7.91. The van der Waals surface area contributed by atoms with E-state index in [9.17, 15) is 8.42 Å². The average molecular weight is 305 g/mol. The molecule has 0 fully saturated rings. The van der Waals surface area contributed by atoms with Crippen LogP contribution in [0.4, 0.5) is 0 Å². The number of unbranched alkanes of at least 4 members (excludes halogenated alkanes) is 2. The van der Waals surface area contributed by atoms with Crippen LogP contribution in [0.2, 0.25) is 0 Å². The Morgan fingerprint density at radius 2 is 1.90 bits per heavy atom. The second-order valence-corrected chi connectivity index (χ2v) is 7.51. The first-order chi connectivity index (χ1) is 9.45. The smallest absolute Gasteiger partial charge is 0.191 e. The summed E-state index contributed by atoms with van der Waals surface area (Å²) < 4.78 is 22.9. The van der Waals surface area contributed by atoms with Crippen LogP contribution in [-0.2, 0) is 9.84 Å². The maximum absolute atomic E-state index is 11.4. The molecule has 120 valence electrons. The molecule has 0 spiro atoms. The summed E-state index contributed by atoms with van der Waals surface area (Å²) >= 11 is 0. The summed E-state index contributed by atoms with van der Waals surface area (Å²) in [5, 5.41) is 6.48. The first-order valence-corrected chi connectivity index (χ1v) is 9.52. The average Bonchev–Trinajstić information content (AvgIpc) is 2.39. The Hall–Kier alpha value is -0.780. The Balaban J connectivity index is 4.26. The third-order valence-electron chi connectivity index (χ3n) is 3.08. The molecule has 0 aliphatic heterocycles. The number of aliphatic imine (C=N–C) groups is 1. The number of hydrogen-bond acceptors (Lipinski definition) is 3. The summed E-state index contributed by atoms with van der Waals surface area (Å²) in [6.07, 6.45) is 4.77. The van der Waals surface area contributed by atoms with Crippen LogP contribution in [0.3, 0.4) is 0 Å². The molecular formula is C14H31N3O2S. The molecule has 6 heteroatoms. The lowest BCUT2D eigenvalue weighted by Gasteiger charge is -2.17. The molecule has 0 aliphatic rings. The minimum atomic E-state index is -2.94. The lowest BCUT2D eigenvalue weighted by atomic mass is 10.1. The Morgan fingerprint density at radius 3 is 2.45 bits per heavy atom. The van der Waals surface area contributed by atoms with E-state index in [2.05, 4.69) is 29.5 Å². The van der Waals surface area contributed by atoms with E-state index in [0.29, 0.717) is 18.5 Å². The van der Waals surface area contributed by atoms with Crippen molar-refractivity contribution in [3.63, 3.8) is 0 Å². The molecule has 0 saturated heterocycles. The minimum Gasteiger partial charge on any atom is -0.357 e. The van der Waals surface area contributed by atoms with Crippen molar-refractivity contribution in [2.75, 3.05) is 24.6 Å². The topological polar surface area (TPSA) is 70.6 Å². The van der Waals surface area contributed by atoms with Crippen LogP contribution in [0.25, 0.3) is 0 Å². The lowest BCUT2D eigenvalue weighted by molar-refractivity contribution is 0.547. The lowest BCUT2D eigenvalue weighted by Crippen LogP contribution is -2.42. The van der Waals surface area contributed by atoms with Gasteiger partial charge in [0.1, 0.15) is 0 Å². The van der Waals surface area contributed by atoms with Crippen molar-refractivity contribution in [3.8, 4) is 0 Å². The molecule has 2 N–H and O–H groups in total. The fourth-order valence-electron chi connectivity index (χ4n) is 1.77. The molecule has 0 radical (unpaired) electrons. The Labute approximate surface area is 124 Å². The zero-order valence-corrected chi connectivity index (χ0v) is 14.2. The fourth-order valence-corrected chi connectivity index (χ4v) is 2.43. The van der Waals surface area contributed by atoms with Gasteiger partial charge in [-0.15, -0.1) is 0 Å². The highest BCUT2D eigenvalue weighted by Gasteiger charge is 2.08. The maximum Gasteiger partial charge on any atom is 0.191 e. The van der Waals surface area contributed by atoms with E-state index < -0.39 is 9.84 Å². The number of nitrogens with one attached hydrogen (secondary N) is 2. The van der Waals surface area contributed by atoms with Gasteiger partial charge in [-0.05, 0) is 20.3 Å². The molecule has 0 amide bonds. The first-order valence-electron chi connectivity index (χ1n) is 7.70. The summed E-state index contributed by atoms with van der Waals surface area (Å²) in [6.45, 7) is 9.07. The molecule has 0 saturated carbocycles. The van der Waals surface area contributed by atoms with Gasteiger partial charge in [0.2, 0.25) is 0 Å². The maximum atomic E-state index is 11.4. The van der Waals surface area contributed by atoms with Gasteiger partial charge in [0, 0.05) is 18.3 Å². The molecule has 0 aromatic rings. The van der Waals surface area contributed by atoms with Gasteiger partial charge in [-0.2, -0.15) is 0 Å². The van der Waals surface area contributed by atoms with Crippen molar-refractivity contribution < 1.29 is 8.42 Å². The van der Waals surface area contributed by atoms with Crippen molar-refractivity contribution in [3.05, 3.63) is 0 Å². The Bertz CT molecular complexity index is 367. The van der Waals surface area contributed by atoms with E-state index >= 15 is 0 Å². The zero-order valence-electron chi connectivity index (χ0n) is 13.4. The summed E-state index contributed by atoms with van der Waals surface area (Å²) in [4.78, 5) is 4.33. The summed E-state index contributed by atoms with van der Waals surface area (Å²) in [5.74, 6) is 1.01. The summed E-state index contributed by atoms with van der Waals surface area (Å²) in [5.41, 5.74) is 0. The minimum absolute atomic E-state index is 0.115. The summed E-state index contributed by atoms with van der Waals surface area (Å²) in [6, 6.07) is 0.349. The van der Waals surface area contributed by atoms with E-state index in [1.807, 2.05) is 6.92 Å². The predicted molar refractivity (Wildman–Crippen MR) is 87.0 cm³/mol. The molecule has 1 unspecified atom stereocenters. The third kappa shape index (κ3) is 10.1. The van der Waals surface area contributed by atoms with E-state index in [1.165, 1.54) is 19.3 Å². The number of hydrogen-bond donors (Lipinski definition) is 2. The van der Waals surface area contributed by atoms with Gasteiger partial charge in [-0.3, -0.25) is 4.99 Å². The van der Waals surface area contributed by atoms with Gasteiger partial charge < -0.3 is 10.6 Å². The van der Waals surface area contributed by atoms with Crippen molar-refractivity contribution in [2.45, 2.75) is 59.4 Å². The standard InChI is InChI=1S/C14H31N3O2S/c1-5-8-9-10-13(4)17-14(15-6-2)16-11-12-20(18,19)7-3/h13H,5-12H2,1-4H3,(H2,15,16,17). The SMILES string of the molecule is CCCCCC(C)NC(=NCCS(=O)(=O)CC)NCC. The molecule has 20 heavy (non-hydrogen) atoms. The van der Waals surface area contributed by atoms with Gasteiger partial charge in [-0.1, -0.05) is 33.1 Å². The molecule has 0 bridgehead atoms. The van der Waals surface area contributed by atoms with Gasteiger partial charge in [-0.25, -0.2) is 8.42 Å². The van der Waals surface area contributed by atoms with E-state index in [1.54, 1.807) is 6.92 Å². The largest absolute Gasteiger partial charge is 0.357 e. The number of guanidine groups is 1. The monoisotopic (exact) mass is 305 g/mol. The van der Waals surface area contributed by atoms with Crippen LogP contribution in [0.5, 0.6) is 0 Å². The van der Waals surface area contributed by atoms with E-state index in [0.717, 1.165) is 13.0 Å². The number of sulfone groups is 1. The van der Waals surface area contributed by atoms with E-state index in [4.69, 9.17) is 0 Å². The highest BCUT2D eigenvalue weighted by Crippen LogP contribution is 2.02. The van der Waals surface area contributed by atoms with Crippen molar-refractivity contribution in [2.24, 2.45) is 4.99 Å². The molecule has 1 atom stereocenters. The van der Waals surface area contributed by atoms with Crippen molar-refractivity contribution >= 4 is 15.8 Å². The third-order valence-corrected chi connectivity index (χ3v) is 4.76.